The molecule has 5 aliphatic carbocycles. The van der Waals surface area contributed by atoms with Gasteiger partial charge in [0.2, 0.25) is 0 Å². The first-order chi connectivity index (χ1) is 39.1. The largest absolute Gasteiger partial charge is 0.482 e. The van der Waals surface area contributed by atoms with Crippen LogP contribution in [0.4, 0.5) is 0 Å². The molecule has 3 saturated carbocycles. The first kappa shape index (κ1) is 54.4. The molecule has 5 aromatic rings. The molecule has 12 nitrogen and oxygen atoms in total. The lowest BCUT2D eigenvalue weighted by Gasteiger charge is -2.54. The fourth-order valence-corrected chi connectivity index (χ4v) is 16.2. The number of allylic oxidation sites excluding steroid dienone is 2. The van der Waals surface area contributed by atoms with E-state index in [4.69, 9.17) is 23.4 Å². The zero-order valence-corrected chi connectivity index (χ0v) is 46.0. The van der Waals surface area contributed by atoms with Gasteiger partial charge in [-0.1, -0.05) is 123 Å². The number of aliphatic hydroxyl groups excluding tert-OH is 4. The third kappa shape index (κ3) is 9.70. The molecule has 8 aliphatic rings. The minimum absolute atomic E-state index is 0.0221. The Morgan fingerprint density at radius 1 is 0.825 bits per heavy atom. The van der Waals surface area contributed by atoms with Gasteiger partial charge in [-0.05, 0) is 157 Å². The second kappa shape index (κ2) is 23.0. The molecule has 12 heteroatoms. The second-order valence-corrected chi connectivity index (χ2v) is 24.1. The van der Waals surface area contributed by atoms with Crippen LogP contribution < -0.4 is 10.4 Å². The van der Waals surface area contributed by atoms with Crippen LogP contribution in [-0.4, -0.2) is 70.7 Å². The Kier molecular flexibility index (Phi) is 15.7. The molecule has 0 radical (unpaired) electrons. The Hall–Kier alpha value is -6.15. The molecule has 11 unspecified atom stereocenters. The topological polar surface area (TPSA) is 182 Å². The van der Waals surface area contributed by atoms with Crippen molar-refractivity contribution in [2.75, 3.05) is 26.6 Å². The number of rotatable bonds is 10. The van der Waals surface area contributed by atoms with Gasteiger partial charge in [0, 0.05) is 53.2 Å². The van der Waals surface area contributed by atoms with E-state index in [1.807, 2.05) is 0 Å². The number of esters is 2. The van der Waals surface area contributed by atoms with Gasteiger partial charge in [0.15, 0.2) is 17.8 Å². The van der Waals surface area contributed by atoms with Crippen LogP contribution in [0.1, 0.15) is 177 Å². The predicted molar refractivity (Wildman–Crippen MR) is 304 cm³/mol. The predicted octanol–water partition coefficient (Wildman–Crippen LogP) is 11.6. The van der Waals surface area contributed by atoms with Gasteiger partial charge in [-0.3, -0.25) is 4.79 Å². The SMILES string of the molecule is CC(CO)=C1CCc2ccc(cc2)C2CCC(c3cccc(C45CCCCC4C=Cc4ccccc45)c3)CC2CC(=O)OC2c3c(ccc4c(CO)c(C(CCO)COCO)c(=O)oc34)OC3(CC=CC4CCCCC43)C2OC1=O. The number of carbonyl (C=O) groups excluding carboxylic acids is 2. The number of benzene rings is 4. The van der Waals surface area contributed by atoms with E-state index in [1.165, 1.54) is 35.1 Å². The fourth-order valence-electron chi connectivity index (χ4n) is 16.2. The molecular formula is C68H76O12. The van der Waals surface area contributed by atoms with Gasteiger partial charge in [0.05, 0.1) is 25.4 Å². The normalized spacial score (nSPS) is 30.2. The summed E-state index contributed by atoms with van der Waals surface area (Å²) in [6, 6.07) is 30.4. The second-order valence-electron chi connectivity index (χ2n) is 24.1. The standard InChI is InChI=1S/C68H76O12/c1-41(37-70)52-26-20-42-18-21-43(22-19-42)53-27-24-47(46-12-8-15-51(35-46)67-31-7-6-14-50(67)25-23-45-11-2-4-16-56(45)67)34-49(53)36-59(73)77-63-61-58(80-68(64(63)79-65(52)74)32-9-13-44-10-3-5-17-57(44)68)29-28-54-55(38-71)60(66(75)78-62(54)61)48(30-33-69)39-76-40-72/h2,4,8-9,11-13,15-16,18-19,21-23,25,28-29,35,44,47-50,53,57,63-64,69-72H,3,5-7,10,14,17,20,24,26-27,30-34,36-40H2,1H3. The summed E-state index contributed by atoms with van der Waals surface area (Å²) in [5.41, 5.74) is 6.78. The first-order valence-electron chi connectivity index (χ1n) is 29.6. The fraction of sp³-hybridized carbons (Fsp3) is 0.485. The Bertz CT molecular complexity index is 3280. The monoisotopic (exact) mass is 1080 g/mol. The van der Waals surface area contributed by atoms with E-state index < -0.39 is 54.7 Å². The number of ether oxygens (including phenoxy) is 4. The average molecular weight is 1090 g/mol. The van der Waals surface area contributed by atoms with Crippen LogP contribution in [0, 0.1) is 23.7 Å². The van der Waals surface area contributed by atoms with E-state index in [1.54, 1.807) is 19.1 Å². The summed E-state index contributed by atoms with van der Waals surface area (Å²) in [5.74, 6) is -1.15. The zero-order chi connectivity index (χ0) is 55.1. The zero-order valence-electron chi connectivity index (χ0n) is 46.0. The molecule has 2 bridgehead atoms. The highest BCUT2D eigenvalue weighted by molar-refractivity contribution is 5.90. The molecule has 0 amide bonds. The Morgan fingerprint density at radius 2 is 1.66 bits per heavy atom. The van der Waals surface area contributed by atoms with Crippen molar-refractivity contribution in [3.63, 3.8) is 0 Å². The average Bonchev–Trinajstić information content (AvgIpc) is 3.45. The van der Waals surface area contributed by atoms with E-state index in [2.05, 4.69) is 97.1 Å². The molecule has 4 aromatic carbocycles. The minimum atomic E-state index is -1.34. The third-order valence-electron chi connectivity index (χ3n) is 20.0. The van der Waals surface area contributed by atoms with Crippen molar-refractivity contribution in [3.8, 4) is 5.75 Å². The summed E-state index contributed by atoms with van der Waals surface area (Å²) in [7, 11) is 0. The van der Waals surface area contributed by atoms with E-state index in [0.717, 1.165) is 68.9 Å². The highest BCUT2D eigenvalue weighted by Gasteiger charge is 2.61. The van der Waals surface area contributed by atoms with Gasteiger partial charge < -0.3 is 43.8 Å². The number of hydrogen-bond donors (Lipinski definition) is 4. The molecule has 3 fully saturated rings. The quantitative estimate of drug-likeness (QED) is 0.0342. The molecule has 1 aromatic heterocycles. The molecule has 4 heterocycles. The number of carbonyl (C=O) groups is 2. The first-order valence-corrected chi connectivity index (χ1v) is 29.6. The van der Waals surface area contributed by atoms with Gasteiger partial charge in [-0.2, -0.15) is 0 Å². The summed E-state index contributed by atoms with van der Waals surface area (Å²) >= 11 is 0. The summed E-state index contributed by atoms with van der Waals surface area (Å²) in [5, 5.41) is 41.9. The van der Waals surface area contributed by atoms with Crippen molar-refractivity contribution < 1.29 is 53.4 Å². The molecule has 3 aliphatic heterocycles. The molecule has 13 rings (SSSR count). The highest BCUT2D eigenvalue weighted by atomic mass is 16.6. The van der Waals surface area contributed by atoms with Gasteiger partial charge in [0.25, 0.3) is 0 Å². The number of fused-ring (bicyclic) bond motifs is 16. The molecular weight excluding hydrogens is 1010 g/mol. The maximum Gasteiger partial charge on any atom is 0.340 e. The van der Waals surface area contributed by atoms with Crippen LogP contribution in [-0.2, 0) is 42.2 Å². The van der Waals surface area contributed by atoms with Crippen LogP contribution in [0.15, 0.2) is 124 Å². The maximum absolute atomic E-state index is 15.7. The van der Waals surface area contributed by atoms with Gasteiger partial charge in [0.1, 0.15) is 18.1 Å². The van der Waals surface area contributed by atoms with Crippen molar-refractivity contribution in [1.82, 2.24) is 0 Å². The van der Waals surface area contributed by atoms with Crippen LogP contribution in [0.25, 0.3) is 17.0 Å². The van der Waals surface area contributed by atoms with Crippen LogP contribution in [0.3, 0.4) is 0 Å². The maximum atomic E-state index is 15.7. The lowest BCUT2D eigenvalue weighted by molar-refractivity contribution is -0.208. The van der Waals surface area contributed by atoms with Crippen LogP contribution in [0.2, 0.25) is 0 Å². The van der Waals surface area contributed by atoms with Crippen LogP contribution in [0.5, 0.6) is 5.75 Å². The van der Waals surface area contributed by atoms with E-state index in [-0.39, 0.29) is 96.4 Å². The van der Waals surface area contributed by atoms with Crippen molar-refractivity contribution in [3.05, 3.63) is 175 Å². The van der Waals surface area contributed by atoms with E-state index >= 15 is 9.59 Å². The summed E-state index contributed by atoms with van der Waals surface area (Å²) in [6.45, 7) is -0.265. The number of aryl methyl sites for hydroxylation is 1. The van der Waals surface area contributed by atoms with Crippen molar-refractivity contribution >= 4 is 29.0 Å². The van der Waals surface area contributed by atoms with Gasteiger partial charge in [-0.15, -0.1) is 0 Å². The molecule has 1 spiro atoms. The van der Waals surface area contributed by atoms with E-state index in [0.29, 0.717) is 41.0 Å². The smallest absolute Gasteiger partial charge is 0.340 e. The summed E-state index contributed by atoms with van der Waals surface area (Å²) in [4.78, 5) is 45.5. The van der Waals surface area contributed by atoms with E-state index in [9.17, 15) is 25.2 Å². The van der Waals surface area contributed by atoms with Crippen molar-refractivity contribution in [2.45, 2.75) is 157 Å². The van der Waals surface area contributed by atoms with Crippen molar-refractivity contribution in [2.24, 2.45) is 23.7 Å². The molecule has 80 heavy (non-hydrogen) atoms. The van der Waals surface area contributed by atoms with Gasteiger partial charge in [-0.25, -0.2) is 9.59 Å². The lowest BCUT2D eigenvalue weighted by Crippen LogP contribution is -2.62. The molecule has 11 atom stereocenters. The van der Waals surface area contributed by atoms with Crippen molar-refractivity contribution in [1.29, 1.82) is 0 Å². The van der Waals surface area contributed by atoms with Gasteiger partial charge >= 0.3 is 17.6 Å². The number of hydrogen-bond acceptors (Lipinski definition) is 12. The summed E-state index contributed by atoms with van der Waals surface area (Å²) < 4.78 is 33.1. The minimum Gasteiger partial charge on any atom is -0.482 e. The Morgan fingerprint density at radius 3 is 2.49 bits per heavy atom. The Labute approximate surface area is 468 Å². The lowest BCUT2D eigenvalue weighted by atomic mass is 9.56. The third-order valence-corrected chi connectivity index (χ3v) is 20.0. The molecule has 420 valence electrons. The molecule has 0 saturated heterocycles. The number of aliphatic hydroxyl groups is 4. The highest BCUT2D eigenvalue weighted by Crippen LogP contribution is 2.58. The van der Waals surface area contributed by atoms with Crippen LogP contribution >= 0.6 is 0 Å². The molecule has 4 N–H and O–H groups in total. The summed E-state index contributed by atoms with van der Waals surface area (Å²) in [6.07, 6.45) is 18.6. The Balaban J connectivity index is 0.987.